The standard InChI is InChI=1S/C23H28N2O7/c1-16(32-23(2,3)4)20(24-22(27)31-15-17-8-6-5-7-9-17)21(26)30-14-18-10-12-19(13-11-18)25(28)29/h5-13,16,20H,14-15H2,1-4H3,(H,24,27)/t16-,20+/m1/s1. The number of alkyl carbamates (subject to hydrolysis) is 1. The monoisotopic (exact) mass is 444 g/mol. The largest absolute Gasteiger partial charge is 0.459 e. The Morgan fingerprint density at radius 2 is 1.53 bits per heavy atom. The molecular formula is C23H28N2O7. The average Bonchev–Trinajstić information content (AvgIpc) is 2.74. The second-order valence-corrected chi connectivity index (χ2v) is 8.15. The van der Waals surface area contributed by atoms with E-state index in [1.807, 2.05) is 51.1 Å². The van der Waals surface area contributed by atoms with Crippen molar-refractivity contribution in [2.75, 3.05) is 0 Å². The SMILES string of the molecule is C[C@@H](OC(C)(C)C)[C@H](NC(=O)OCc1ccccc1)C(=O)OCc1ccc([N+](=O)[O-])cc1. The van der Waals surface area contributed by atoms with E-state index in [9.17, 15) is 19.7 Å². The second kappa shape index (κ2) is 11.2. The highest BCUT2D eigenvalue weighted by Gasteiger charge is 2.32. The van der Waals surface area contributed by atoms with Gasteiger partial charge in [-0.3, -0.25) is 10.1 Å². The number of hydrogen-bond acceptors (Lipinski definition) is 7. The smallest absolute Gasteiger partial charge is 0.408 e. The summed E-state index contributed by atoms with van der Waals surface area (Å²) in [7, 11) is 0. The summed E-state index contributed by atoms with van der Waals surface area (Å²) in [6.45, 7) is 7.08. The summed E-state index contributed by atoms with van der Waals surface area (Å²) in [5.74, 6) is -0.711. The van der Waals surface area contributed by atoms with Gasteiger partial charge in [0, 0.05) is 12.1 Å². The molecule has 9 nitrogen and oxygen atoms in total. The lowest BCUT2D eigenvalue weighted by Gasteiger charge is -2.30. The van der Waals surface area contributed by atoms with Crippen LogP contribution in [0.5, 0.6) is 0 Å². The summed E-state index contributed by atoms with van der Waals surface area (Å²) in [4.78, 5) is 35.3. The van der Waals surface area contributed by atoms with Crippen LogP contribution in [0.4, 0.5) is 10.5 Å². The molecule has 1 N–H and O–H groups in total. The Labute approximate surface area is 186 Å². The van der Waals surface area contributed by atoms with Gasteiger partial charge in [0.1, 0.15) is 13.2 Å². The zero-order chi connectivity index (χ0) is 23.7. The van der Waals surface area contributed by atoms with Gasteiger partial charge >= 0.3 is 12.1 Å². The Bertz CT molecular complexity index is 908. The molecule has 0 bridgehead atoms. The van der Waals surface area contributed by atoms with E-state index >= 15 is 0 Å². The van der Waals surface area contributed by atoms with Crippen molar-refractivity contribution in [3.63, 3.8) is 0 Å². The minimum absolute atomic E-state index is 0.0474. The second-order valence-electron chi connectivity index (χ2n) is 8.15. The molecule has 0 saturated heterocycles. The van der Waals surface area contributed by atoms with E-state index in [2.05, 4.69) is 5.32 Å². The number of benzene rings is 2. The summed E-state index contributed by atoms with van der Waals surface area (Å²) in [6.07, 6.45) is -1.49. The number of carbonyl (C=O) groups is 2. The van der Waals surface area contributed by atoms with Crippen LogP contribution in [0.1, 0.15) is 38.8 Å². The topological polar surface area (TPSA) is 117 Å². The van der Waals surface area contributed by atoms with Crippen molar-refractivity contribution in [1.82, 2.24) is 5.32 Å². The molecule has 0 aliphatic heterocycles. The number of carbonyl (C=O) groups excluding carboxylic acids is 2. The molecule has 32 heavy (non-hydrogen) atoms. The van der Waals surface area contributed by atoms with Crippen molar-refractivity contribution in [3.05, 3.63) is 75.8 Å². The van der Waals surface area contributed by atoms with Crippen molar-refractivity contribution in [3.8, 4) is 0 Å². The van der Waals surface area contributed by atoms with Crippen LogP contribution in [-0.2, 0) is 32.2 Å². The number of non-ortho nitro benzene ring substituents is 1. The van der Waals surface area contributed by atoms with Gasteiger partial charge in [0.25, 0.3) is 5.69 Å². The van der Waals surface area contributed by atoms with Crippen LogP contribution in [0.15, 0.2) is 54.6 Å². The van der Waals surface area contributed by atoms with E-state index in [4.69, 9.17) is 14.2 Å². The molecule has 0 aliphatic rings. The quantitative estimate of drug-likeness (QED) is 0.351. The molecule has 0 heterocycles. The van der Waals surface area contributed by atoms with Gasteiger partial charge in [0.2, 0.25) is 0 Å². The Kier molecular flexibility index (Phi) is 8.71. The number of hydrogen-bond donors (Lipinski definition) is 1. The van der Waals surface area contributed by atoms with Crippen LogP contribution in [0.3, 0.4) is 0 Å². The normalized spacial score (nSPS) is 13.0. The van der Waals surface area contributed by atoms with Gasteiger partial charge in [-0.1, -0.05) is 30.3 Å². The summed E-state index contributed by atoms with van der Waals surface area (Å²) < 4.78 is 16.4. The number of ether oxygens (including phenoxy) is 3. The van der Waals surface area contributed by atoms with Crippen molar-refractivity contribution in [1.29, 1.82) is 0 Å². The predicted octanol–water partition coefficient (Wildman–Crippen LogP) is 4.14. The molecule has 9 heteroatoms. The van der Waals surface area contributed by atoms with Crippen LogP contribution in [0.25, 0.3) is 0 Å². The predicted molar refractivity (Wildman–Crippen MR) is 117 cm³/mol. The zero-order valence-corrected chi connectivity index (χ0v) is 18.6. The Morgan fingerprint density at radius 1 is 0.969 bits per heavy atom. The first-order valence-electron chi connectivity index (χ1n) is 10.1. The molecule has 0 aliphatic carbocycles. The van der Waals surface area contributed by atoms with Gasteiger partial charge < -0.3 is 19.5 Å². The molecule has 1 amide bonds. The number of nitrogens with one attached hydrogen (secondary N) is 1. The van der Waals surface area contributed by atoms with E-state index < -0.39 is 34.7 Å². The lowest BCUT2D eigenvalue weighted by molar-refractivity contribution is -0.384. The van der Waals surface area contributed by atoms with Gasteiger partial charge in [-0.05, 0) is 51.0 Å². The molecule has 2 aromatic carbocycles. The van der Waals surface area contributed by atoms with Crippen molar-refractivity contribution >= 4 is 17.7 Å². The fraction of sp³-hybridized carbons (Fsp3) is 0.391. The minimum Gasteiger partial charge on any atom is -0.459 e. The molecule has 2 rings (SSSR count). The molecule has 172 valence electrons. The van der Waals surface area contributed by atoms with Crippen LogP contribution in [0, 0.1) is 10.1 Å². The molecule has 2 atom stereocenters. The first-order valence-corrected chi connectivity index (χ1v) is 10.1. The van der Waals surface area contributed by atoms with Crippen molar-refractivity contribution in [2.45, 2.75) is 58.7 Å². The maximum absolute atomic E-state index is 12.7. The van der Waals surface area contributed by atoms with Crippen molar-refractivity contribution < 1.29 is 28.7 Å². The summed E-state index contributed by atoms with van der Waals surface area (Å²) in [6, 6.07) is 13.7. The number of nitro benzene ring substituents is 1. The fourth-order valence-electron chi connectivity index (χ4n) is 2.84. The third-order valence-corrected chi connectivity index (χ3v) is 4.28. The van der Waals surface area contributed by atoms with Crippen LogP contribution in [-0.4, -0.2) is 34.7 Å². The highest BCUT2D eigenvalue weighted by atomic mass is 16.6. The molecule has 0 fully saturated rings. The number of nitrogens with zero attached hydrogens (tertiary/aromatic N) is 1. The molecular weight excluding hydrogens is 416 g/mol. The minimum atomic E-state index is -1.12. The van der Waals surface area contributed by atoms with E-state index in [1.165, 1.54) is 24.3 Å². The first kappa shape index (κ1) is 24.8. The lowest BCUT2D eigenvalue weighted by atomic mass is 10.1. The Balaban J connectivity index is 2.01. The molecule has 0 unspecified atom stereocenters. The molecule has 0 saturated carbocycles. The number of rotatable bonds is 9. The number of esters is 1. The van der Waals surface area contributed by atoms with Gasteiger partial charge in [-0.15, -0.1) is 0 Å². The molecule has 2 aromatic rings. The third-order valence-electron chi connectivity index (χ3n) is 4.28. The zero-order valence-electron chi connectivity index (χ0n) is 18.6. The lowest BCUT2D eigenvalue weighted by Crippen LogP contribution is -2.51. The van der Waals surface area contributed by atoms with Gasteiger partial charge in [-0.25, -0.2) is 9.59 Å². The molecule has 0 radical (unpaired) electrons. The number of nitro groups is 1. The van der Waals surface area contributed by atoms with Crippen LogP contribution < -0.4 is 5.32 Å². The maximum atomic E-state index is 12.7. The van der Waals surface area contributed by atoms with Gasteiger partial charge in [-0.2, -0.15) is 0 Å². The summed E-state index contributed by atoms with van der Waals surface area (Å²) >= 11 is 0. The van der Waals surface area contributed by atoms with E-state index in [1.54, 1.807) is 6.92 Å². The van der Waals surface area contributed by atoms with E-state index in [0.717, 1.165) is 5.56 Å². The molecule has 0 spiro atoms. The first-order chi connectivity index (χ1) is 15.0. The Hall–Kier alpha value is -3.46. The highest BCUT2D eigenvalue weighted by Crippen LogP contribution is 2.16. The van der Waals surface area contributed by atoms with Crippen molar-refractivity contribution in [2.24, 2.45) is 0 Å². The maximum Gasteiger partial charge on any atom is 0.408 e. The van der Waals surface area contributed by atoms with Gasteiger partial charge in [0.15, 0.2) is 6.04 Å². The van der Waals surface area contributed by atoms with Gasteiger partial charge in [0.05, 0.1) is 16.6 Å². The Morgan fingerprint density at radius 3 is 2.09 bits per heavy atom. The third kappa shape index (κ3) is 8.35. The van der Waals surface area contributed by atoms with E-state index in [0.29, 0.717) is 5.56 Å². The van der Waals surface area contributed by atoms with Crippen LogP contribution >= 0.6 is 0 Å². The average molecular weight is 444 g/mol. The highest BCUT2D eigenvalue weighted by molar-refractivity contribution is 5.82. The summed E-state index contributed by atoms with van der Waals surface area (Å²) in [5.41, 5.74) is 0.747. The van der Waals surface area contributed by atoms with E-state index in [-0.39, 0.29) is 18.9 Å². The number of amides is 1. The summed E-state index contributed by atoms with van der Waals surface area (Å²) in [5, 5.41) is 13.3. The molecule has 0 aromatic heterocycles. The van der Waals surface area contributed by atoms with Crippen LogP contribution in [0.2, 0.25) is 0 Å². The fourth-order valence-corrected chi connectivity index (χ4v) is 2.84.